The molecule has 1 aliphatic heterocycles. The van der Waals surface area contributed by atoms with Crippen molar-refractivity contribution in [1.29, 1.82) is 0 Å². The standard InChI is InChI=1S/C6H4O4/c7-5-3-1-2-4-6(8)10-9-5/h1-4H/b3-1-,4-2-. The highest BCUT2D eigenvalue weighted by atomic mass is 17.2. The number of allylic oxidation sites excluding steroid dienone is 2. The lowest BCUT2D eigenvalue weighted by Crippen LogP contribution is -2.08. The molecule has 52 valence electrons. The van der Waals surface area contributed by atoms with Crippen LogP contribution >= 0.6 is 0 Å². The Kier molecular flexibility index (Phi) is 1.84. The van der Waals surface area contributed by atoms with Crippen LogP contribution in [-0.4, -0.2) is 11.9 Å². The molecule has 0 aromatic rings. The molecule has 0 N–H and O–H groups in total. The molecule has 0 aromatic heterocycles. The monoisotopic (exact) mass is 140 g/mol. The summed E-state index contributed by atoms with van der Waals surface area (Å²) in [6.07, 6.45) is 5.07. The summed E-state index contributed by atoms with van der Waals surface area (Å²) in [7, 11) is 0. The number of hydrogen-bond donors (Lipinski definition) is 0. The van der Waals surface area contributed by atoms with Crippen LogP contribution in [0.1, 0.15) is 0 Å². The van der Waals surface area contributed by atoms with Crippen LogP contribution in [0, 0.1) is 0 Å². The van der Waals surface area contributed by atoms with E-state index < -0.39 is 11.9 Å². The maximum Gasteiger partial charge on any atom is 0.379 e. The smallest absolute Gasteiger partial charge is 0.242 e. The van der Waals surface area contributed by atoms with Crippen molar-refractivity contribution in [2.45, 2.75) is 0 Å². The zero-order chi connectivity index (χ0) is 7.40. The third-order valence-corrected chi connectivity index (χ3v) is 0.782. The van der Waals surface area contributed by atoms with Crippen molar-refractivity contribution in [3.8, 4) is 0 Å². The zero-order valence-corrected chi connectivity index (χ0v) is 4.94. The molecule has 1 aliphatic rings. The number of hydrogen-bond acceptors (Lipinski definition) is 4. The molecule has 0 spiro atoms. The Morgan fingerprint density at radius 2 is 1.30 bits per heavy atom. The molecule has 0 aromatic carbocycles. The molecule has 0 atom stereocenters. The Morgan fingerprint density at radius 1 is 0.900 bits per heavy atom. The SMILES string of the molecule is O=C1/C=C\C=C/C(=O)OO1. The van der Waals surface area contributed by atoms with Gasteiger partial charge >= 0.3 is 11.9 Å². The Morgan fingerprint density at radius 3 is 1.70 bits per heavy atom. The lowest BCUT2D eigenvalue weighted by Gasteiger charge is -1.97. The van der Waals surface area contributed by atoms with Crippen molar-refractivity contribution in [2.24, 2.45) is 0 Å². The van der Waals surface area contributed by atoms with E-state index in [1.54, 1.807) is 0 Å². The minimum atomic E-state index is -0.697. The van der Waals surface area contributed by atoms with Gasteiger partial charge in [-0.05, 0) is 0 Å². The van der Waals surface area contributed by atoms with E-state index in [1.807, 2.05) is 0 Å². The maximum atomic E-state index is 10.4. The summed E-state index contributed by atoms with van der Waals surface area (Å²) in [5, 5.41) is 0. The first kappa shape index (κ1) is 6.54. The van der Waals surface area contributed by atoms with Gasteiger partial charge < -0.3 is 0 Å². The summed E-state index contributed by atoms with van der Waals surface area (Å²) in [5.41, 5.74) is 0. The number of carbonyl (C=O) groups is 2. The molecule has 0 aliphatic carbocycles. The fourth-order valence-corrected chi connectivity index (χ4v) is 0.406. The van der Waals surface area contributed by atoms with Crippen molar-refractivity contribution in [3.05, 3.63) is 24.3 Å². The first-order valence-electron chi connectivity index (χ1n) is 2.56. The van der Waals surface area contributed by atoms with Crippen LogP contribution in [-0.2, 0) is 19.4 Å². The van der Waals surface area contributed by atoms with Gasteiger partial charge in [-0.1, -0.05) is 12.2 Å². The largest absolute Gasteiger partial charge is 0.379 e. The Hall–Kier alpha value is -1.58. The van der Waals surface area contributed by atoms with Crippen LogP contribution in [0.15, 0.2) is 24.3 Å². The van der Waals surface area contributed by atoms with E-state index in [0.717, 1.165) is 12.2 Å². The fourth-order valence-electron chi connectivity index (χ4n) is 0.406. The summed E-state index contributed by atoms with van der Waals surface area (Å²) in [6, 6.07) is 0. The molecule has 0 amide bonds. The second-order valence-corrected chi connectivity index (χ2v) is 1.52. The molecule has 0 fully saturated rings. The summed E-state index contributed by atoms with van der Waals surface area (Å²) in [6.45, 7) is 0. The highest BCUT2D eigenvalue weighted by molar-refractivity contribution is 5.87. The van der Waals surface area contributed by atoms with Crippen molar-refractivity contribution < 1.29 is 19.4 Å². The van der Waals surface area contributed by atoms with E-state index in [0.29, 0.717) is 0 Å². The molecule has 0 saturated carbocycles. The van der Waals surface area contributed by atoms with E-state index in [4.69, 9.17) is 0 Å². The molecule has 1 rings (SSSR count). The topological polar surface area (TPSA) is 52.6 Å². The van der Waals surface area contributed by atoms with Gasteiger partial charge in [0.25, 0.3) is 0 Å². The van der Waals surface area contributed by atoms with Crippen molar-refractivity contribution in [1.82, 2.24) is 0 Å². The van der Waals surface area contributed by atoms with E-state index in [-0.39, 0.29) is 0 Å². The molecule has 0 radical (unpaired) electrons. The van der Waals surface area contributed by atoms with Crippen LogP contribution in [0.4, 0.5) is 0 Å². The van der Waals surface area contributed by atoms with E-state index in [2.05, 4.69) is 9.78 Å². The molecule has 0 unspecified atom stereocenters. The average molecular weight is 140 g/mol. The molecule has 4 heteroatoms. The van der Waals surface area contributed by atoms with Crippen molar-refractivity contribution in [2.75, 3.05) is 0 Å². The normalized spacial score (nSPS) is 23.6. The average Bonchev–Trinajstić information content (AvgIpc) is 1.90. The van der Waals surface area contributed by atoms with Gasteiger partial charge in [-0.15, -0.1) is 0 Å². The van der Waals surface area contributed by atoms with E-state index >= 15 is 0 Å². The fraction of sp³-hybridized carbons (Fsp3) is 0. The van der Waals surface area contributed by atoms with Gasteiger partial charge in [0, 0.05) is 12.2 Å². The Labute approximate surface area is 56.7 Å². The van der Waals surface area contributed by atoms with Gasteiger partial charge in [0.2, 0.25) is 0 Å². The summed E-state index contributed by atoms with van der Waals surface area (Å²) in [4.78, 5) is 28.7. The van der Waals surface area contributed by atoms with Crippen LogP contribution in [0.25, 0.3) is 0 Å². The van der Waals surface area contributed by atoms with E-state index in [1.165, 1.54) is 12.2 Å². The molecule has 4 nitrogen and oxygen atoms in total. The van der Waals surface area contributed by atoms with Crippen LogP contribution < -0.4 is 0 Å². The molecule has 0 saturated heterocycles. The van der Waals surface area contributed by atoms with Crippen molar-refractivity contribution >= 4 is 11.9 Å². The van der Waals surface area contributed by atoms with E-state index in [9.17, 15) is 9.59 Å². The zero-order valence-electron chi connectivity index (χ0n) is 4.94. The van der Waals surface area contributed by atoms with Gasteiger partial charge in [-0.2, -0.15) is 0 Å². The third kappa shape index (κ3) is 1.74. The number of rotatable bonds is 0. The minimum absolute atomic E-state index is 0.697. The molecular weight excluding hydrogens is 136 g/mol. The molecular formula is C6H4O4. The van der Waals surface area contributed by atoms with Crippen LogP contribution in [0.5, 0.6) is 0 Å². The first-order chi connectivity index (χ1) is 4.79. The Balaban J connectivity index is 2.70. The van der Waals surface area contributed by atoms with Gasteiger partial charge in [0.05, 0.1) is 0 Å². The van der Waals surface area contributed by atoms with Gasteiger partial charge in [0.15, 0.2) is 0 Å². The highest BCUT2D eigenvalue weighted by Crippen LogP contribution is 1.91. The summed E-state index contributed by atoms with van der Waals surface area (Å²) >= 11 is 0. The second kappa shape index (κ2) is 2.82. The minimum Gasteiger partial charge on any atom is -0.242 e. The Bertz CT molecular complexity index is 190. The molecule has 1 heterocycles. The third-order valence-electron chi connectivity index (χ3n) is 0.782. The predicted octanol–water partition coefficient (Wildman–Crippen LogP) is 0.114. The van der Waals surface area contributed by atoms with Crippen LogP contribution in [0.3, 0.4) is 0 Å². The molecule has 10 heavy (non-hydrogen) atoms. The summed E-state index contributed by atoms with van der Waals surface area (Å²) in [5.74, 6) is -1.39. The first-order valence-corrected chi connectivity index (χ1v) is 2.56. The predicted molar refractivity (Wildman–Crippen MR) is 30.5 cm³/mol. The highest BCUT2D eigenvalue weighted by Gasteiger charge is 2.04. The lowest BCUT2D eigenvalue weighted by atomic mass is 10.4. The maximum absolute atomic E-state index is 10.4. The van der Waals surface area contributed by atoms with Gasteiger partial charge in [0.1, 0.15) is 0 Å². The van der Waals surface area contributed by atoms with Crippen molar-refractivity contribution in [3.63, 3.8) is 0 Å². The van der Waals surface area contributed by atoms with Gasteiger partial charge in [-0.3, -0.25) is 0 Å². The molecule has 0 bridgehead atoms. The quantitative estimate of drug-likeness (QED) is 0.448. The second-order valence-electron chi connectivity index (χ2n) is 1.52. The number of carbonyl (C=O) groups excluding carboxylic acids is 2. The van der Waals surface area contributed by atoms with Gasteiger partial charge in [-0.25, -0.2) is 19.4 Å². The van der Waals surface area contributed by atoms with Crippen LogP contribution in [0.2, 0.25) is 0 Å². The summed E-state index contributed by atoms with van der Waals surface area (Å²) < 4.78 is 0. The lowest BCUT2D eigenvalue weighted by molar-refractivity contribution is -0.250.